The average Bonchev–Trinajstić information content (AvgIpc) is 0.946. The van der Waals surface area contributed by atoms with Gasteiger partial charge in [0, 0.05) is 0 Å². The summed E-state index contributed by atoms with van der Waals surface area (Å²) in [5.74, 6) is 0. The predicted octanol–water partition coefficient (Wildman–Crippen LogP) is 24.9. The Labute approximate surface area is 514 Å². The van der Waals surface area contributed by atoms with Crippen LogP contribution in [0.2, 0.25) is 0 Å². The highest BCUT2D eigenvalue weighted by atomic mass is 14.3. The van der Waals surface area contributed by atoms with Crippen molar-refractivity contribution < 1.29 is 0 Å². The lowest BCUT2D eigenvalue weighted by Gasteiger charge is -2.23. The van der Waals surface area contributed by atoms with Gasteiger partial charge in [-0.15, -0.1) is 0 Å². The van der Waals surface area contributed by atoms with E-state index in [0.29, 0.717) is 0 Å². The van der Waals surface area contributed by atoms with E-state index in [1.807, 2.05) is 0 Å². The topological polar surface area (TPSA) is 0 Å². The van der Waals surface area contributed by atoms with Gasteiger partial charge in [-0.1, -0.05) is 306 Å². The van der Waals surface area contributed by atoms with Gasteiger partial charge in [-0.25, -0.2) is 0 Å². The van der Waals surface area contributed by atoms with E-state index in [9.17, 15) is 0 Å². The highest BCUT2D eigenvalue weighted by Gasteiger charge is 2.23. The summed E-state index contributed by atoms with van der Waals surface area (Å²) < 4.78 is 0. The molecule has 0 unspecified atom stereocenters. The summed E-state index contributed by atoms with van der Waals surface area (Å²) in [6.07, 6.45) is 0. The molecule has 0 aromatic heterocycles. The minimum Gasteiger partial charge on any atom is -0.0622 e. The third-order valence-electron chi connectivity index (χ3n) is 18.3. The maximum atomic E-state index is 2.43. The van der Waals surface area contributed by atoms with Crippen LogP contribution in [0, 0.1) is 0 Å². The van der Waals surface area contributed by atoms with Gasteiger partial charge < -0.3 is 0 Å². The second-order valence-corrected chi connectivity index (χ2v) is 24.7. The van der Waals surface area contributed by atoms with E-state index in [1.165, 1.54) is 170 Å². The van der Waals surface area contributed by atoms with Crippen molar-refractivity contribution in [2.45, 2.75) is 26.2 Å². The molecule has 16 aromatic carbocycles. The standard InChI is InChI=1S/C88H62/c1-88(2,3)73-53-70(59-25-11-6-12-26-59)52-72(54-73)87-80-33-19-15-29-76(80)85(77-30-16-20-34-81(77)87)65-45-37-61(38-46-65)67-48-42-63-40-39-62-41-47-66(55-82(62)83(63)56-67)60-35-43-64(44-36-60)84-74-27-13-17-31-78(74)86(79-32-18-14-28-75(79)84)71-50-68(57-21-7-4-8-22-57)49-69(51-71)58-23-9-5-10-24-58/h4-56H,1-3H3. The van der Waals surface area contributed by atoms with E-state index >= 15 is 0 Å². The molecule has 0 bridgehead atoms. The van der Waals surface area contributed by atoms with Gasteiger partial charge in [0.05, 0.1) is 0 Å². The molecule has 414 valence electrons. The van der Waals surface area contributed by atoms with E-state index in [0.717, 1.165) is 0 Å². The van der Waals surface area contributed by atoms with Crippen LogP contribution in [-0.4, -0.2) is 0 Å². The zero-order valence-electron chi connectivity index (χ0n) is 49.6. The maximum Gasteiger partial charge on any atom is -0.00259 e. The Kier molecular flexibility index (Phi) is 12.9. The fourth-order valence-electron chi connectivity index (χ4n) is 13.9. The monoisotopic (exact) mass is 1120 g/mol. The van der Waals surface area contributed by atoms with Crippen molar-refractivity contribution in [2.75, 3.05) is 0 Å². The van der Waals surface area contributed by atoms with Crippen LogP contribution in [0.3, 0.4) is 0 Å². The van der Waals surface area contributed by atoms with Gasteiger partial charge in [-0.2, -0.15) is 0 Å². The molecule has 0 aliphatic heterocycles. The SMILES string of the molecule is CC(C)(C)c1cc(-c2ccccc2)cc(-c2c3ccccc3c(-c3ccc(-c4ccc5ccc6ccc(-c7ccc(-c8c9ccccc9c(-c9cc(-c%10ccccc%10)cc(-c%10ccccc%10)c9)c9ccccc89)cc7)cc6c5c4)cc3)c3ccccc23)c1. The predicted molar refractivity (Wildman–Crippen MR) is 379 cm³/mol. The van der Waals surface area contributed by atoms with E-state index in [4.69, 9.17) is 0 Å². The Hall–Kier alpha value is -10.9. The van der Waals surface area contributed by atoms with Crippen LogP contribution in [0.1, 0.15) is 26.3 Å². The van der Waals surface area contributed by atoms with Crippen LogP contribution >= 0.6 is 0 Å². The lowest BCUT2D eigenvalue weighted by molar-refractivity contribution is 0.591. The molecule has 0 heteroatoms. The van der Waals surface area contributed by atoms with E-state index < -0.39 is 0 Å². The van der Waals surface area contributed by atoms with Crippen LogP contribution in [0.15, 0.2) is 322 Å². The minimum atomic E-state index is -0.0289. The lowest BCUT2D eigenvalue weighted by Crippen LogP contribution is -2.11. The molecule has 0 fully saturated rings. The van der Waals surface area contributed by atoms with Crippen LogP contribution in [0.4, 0.5) is 0 Å². The second kappa shape index (κ2) is 21.5. The van der Waals surface area contributed by atoms with E-state index in [2.05, 4.69) is 342 Å². The summed E-state index contributed by atoms with van der Waals surface area (Å²) in [5, 5.41) is 14.9. The number of rotatable bonds is 9. The normalized spacial score (nSPS) is 11.8. The zero-order chi connectivity index (χ0) is 58.9. The fourth-order valence-corrected chi connectivity index (χ4v) is 13.9. The molecule has 0 spiro atoms. The smallest absolute Gasteiger partial charge is 0.00259 e. The molecular formula is C88H62. The summed E-state index contributed by atoms with van der Waals surface area (Å²) in [6.45, 7) is 6.95. The summed E-state index contributed by atoms with van der Waals surface area (Å²) in [5.41, 5.74) is 23.3. The van der Waals surface area contributed by atoms with Gasteiger partial charge in [0.25, 0.3) is 0 Å². The molecule has 0 aliphatic rings. The van der Waals surface area contributed by atoms with Crippen molar-refractivity contribution >= 4 is 64.6 Å². The summed E-state index contributed by atoms with van der Waals surface area (Å²) in [4.78, 5) is 0. The Morgan fingerprint density at radius 3 is 0.716 bits per heavy atom. The van der Waals surface area contributed by atoms with Crippen LogP contribution in [-0.2, 0) is 5.41 Å². The lowest BCUT2D eigenvalue weighted by atomic mass is 9.81. The van der Waals surface area contributed by atoms with Crippen molar-refractivity contribution in [3.8, 4) is 100 Å². The van der Waals surface area contributed by atoms with Crippen molar-refractivity contribution in [1.82, 2.24) is 0 Å². The molecule has 0 aliphatic carbocycles. The largest absolute Gasteiger partial charge is 0.0622 e. The minimum absolute atomic E-state index is 0.0289. The number of benzene rings is 16. The Morgan fingerprint density at radius 1 is 0.159 bits per heavy atom. The fraction of sp³-hybridized carbons (Fsp3) is 0.0455. The molecule has 0 atom stereocenters. The molecule has 0 nitrogen and oxygen atoms in total. The maximum absolute atomic E-state index is 2.43. The van der Waals surface area contributed by atoms with Crippen molar-refractivity contribution in [3.63, 3.8) is 0 Å². The number of hydrogen-bond donors (Lipinski definition) is 0. The summed E-state index contributed by atoms with van der Waals surface area (Å²) in [6, 6.07) is 120. The molecular weight excluding hydrogens is 1060 g/mol. The molecule has 88 heavy (non-hydrogen) atoms. The zero-order valence-corrected chi connectivity index (χ0v) is 49.6. The second-order valence-electron chi connectivity index (χ2n) is 24.7. The first-order chi connectivity index (χ1) is 43.3. The molecule has 0 saturated carbocycles. The molecule has 16 aromatic rings. The molecule has 0 radical (unpaired) electrons. The summed E-state index contributed by atoms with van der Waals surface area (Å²) in [7, 11) is 0. The van der Waals surface area contributed by atoms with Crippen molar-refractivity contribution in [3.05, 3.63) is 327 Å². The van der Waals surface area contributed by atoms with Crippen LogP contribution in [0.25, 0.3) is 165 Å². The average molecular weight is 1120 g/mol. The first-order valence-corrected chi connectivity index (χ1v) is 30.8. The van der Waals surface area contributed by atoms with E-state index in [-0.39, 0.29) is 5.41 Å². The van der Waals surface area contributed by atoms with Gasteiger partial charge in [0.1, 0.15) is 0 Å². The molecule has 16 rings (SSSR count). The van der Waals surface area contributed by atoms with Crippen LogP contribution < -0.4 is 0 Å². The third-order valence-corrected chi connectivity index (χ3v) is 18.3. The quantitative estimate of drug-likeness (QED) is 0.0998. The summed E-state index contributed by atoms with van der Waals surface area (Å²) >= 11 is 0. The van der Waals surface area contributed by atoms with Gasteiger partial charge in [-0.05, 0) is 212 Å². The third kappa shape index (κ3) is 9.34. The van der Waals surface area contributed by atoms with Crippen molar-refractivity contribution in [2.24, 2.45) is 0 Å². The van der Waals surface area contributed by atoms with Gasteiger partial charge >= 0.3 is 0 Å². The first kappa shape index (κ1) is 52.6. The van der Waals surface area contributed by atoms with Gasteiger partial charge in [0.15, 0.2) is 0 Å². The number of hydrogen-bond acceptors (Lipinski definition) is 0. The first-order valence-electron chi connectivity index (χ1n) is 30.8. The number of fused-ring (bicyclic) bond motifs is 7. The highest BCUT2D eigenvalue weighted by Crippen LogP contribution is 2.48. The molecule has 0 saturated heterocycles. The molecule has 0 N–H and O–H groups in total. The van der Waals surface area contributed by atoms with Gasteiger partial charge in [0.2, 0.25) is 0 Å². The Morgan fingerprint density at radius 2 is 0.386 bits per heavy atom. The van der Waals surface area contributed by atoms with Gasteiger partial charge in [-0.3, -0.25) is 0 Å². The van der Waals surface area contributed by atoms with E-state index in [1.54, 1.807) is 0 Å². The Balaban J connectivity index is 0.752. The van der Waals surface area contributed by atoms with Crippen molar-refractivity contribution in [1.29, 1.82) is 0 Å². The van der Waals surface area contributed by atoms with Crippen LogP contribution in [0.5, 0.6) is 0 Å². The Bertz CT molecular complexity index is 5190. The molecule has 0 heterocycles. The highest BCUT2D eigenvalue weighted by molar-refractivity contribution is 6.23. The molecule has 0 amide bonds.